The molecule has 2 N–H and O–H groups in total. The molecule has 0 saturated carbocycles. The fraction of sp³-hybridized carbons (Fsp3) is 0.214. The maximum absolute atomic E-state index is 13.1. The van der Waals surface area contributed by atoms with Gasteiger partial charge in [0.05, 0.1) is 7.11 Å². The molecule has 0 fully saturated rings. The lowest BCUT2D eigenvalue weighted by Crippen LogP contribution is -2.11. The van der Waals surface area contributed by atoms with E-state index in [0.717, 1.165) is 22.3 Å². The highest BCUT2D eigenvalue weighted by Gasteiger charge is 2.24. The van der Waals surface area contributed by atoms with Crippen LogP contribution in [-0.4, -0.2) is 29.1 Å². The van der Waals surface area contributed by atoms with Gasteiger partial charge < -0.3 is 14.9 Å². The molecule has 0 saturated heterocycles. The molecule has 0 aromatic heterocycles. The summed E-state index contributed by atoms with van der Waals surface area (Å²) in [5, 5.41) is 20.5. The van der Waals surface area contributed by atoms with Gasteiger partial charge in [-0.05, 0) is 56.0 Å². The second kappa shape index (κ2) is 10.2. The average molecular weight is 445 g/mol. The summed E-state index contributed by atoms with van der Waals surface area (Å²) < 4.78 is 5.41. The van der Waals surface area contributed by atoms with Crippen molar-refractivity contribution < 1.29 is 24.5 Å². The van der Waals surface area contributed by atoms with Crippen LogP contribution in [0.2, 0.25) is 0 Å². The highest BCUT2D eigenvalue weighted by atomic mass is 16.5. The monoisotopic (exact) mass is 444 g/mol. The van der Waals surface area contributed by atoms with Crippen molar-refractivity contribution in [3.05, 3.63) is 94.1 Å². The third-order valence-corrected chi connectivity index (χ3v) is 5.52. The molecule has 0 aliphatic carbocycles. The summed E-state index contributed by atoms with van der Waals surface area (Å²) in [6.07, 6.45) is 2.03. The van der Waals surface area contributed by atoms with Crippen LogP contribution < -0.4 is 4.74 Å². The second-order valence-electron chi connectivity index (χ2n) is 8.28. The van der Waals surface area contributed by atoms with Gasteiger partial charge in [-0.1, -0.05) is 59.7 Å². The number of aromatic carboxylic acids is 1. The normalized spacial score (nSPS) is 10.5. The maximum atomic E-state index is 13.1. The first kappa shape index (κ1) is 23.8. The largest absolute Gasteiger partial charge is 0.507 e. The van der Waals surface area contributed by atoms with Crippen LogP contribution in [0.4, 0.5) is 0 Å². The Hall–Kier alpha value is -3.86. The minimum absolute atomic E-state index is 0.175. The van der Waals surface area contributed by atoms with Crippen LogP contribution >= 0.6 is 0 Å². The van der Waals surface area contributed by atoms with E-state index >= 15 is 0 Å². The van der Waals surface area contributed by atoms with Crippen LogP contribution in [-0.2, 0) is 12.8 Å². The highest BCUT2D eigenvalue weighted by Crippen LogP contribution is 2.36. The van der Waals surface area contributed by atoms with Crippen LogP contribution in [0.1, 0.15) is 51.3 Å². The third-order valence-electron chi connectivity index (χ3n) is 5.52. The number of carbonyl (C=O) groups excluding carboxylic acids is 1. The smallest absolute Gasteiger partial charge is 0.339 e. The Kier molecular flexibility index (Phi) is 7.34. The topological polar surface area (TPSA) is 83.8 Å². The number of aromatic hydroxyl groups is 1. The lowest BCUT2D eigenvalue weighted by Gasteiger charge is -2.16. The number of ether oxygens (including phenoxy) is 1. The summed E-state index contributed by atoms with van der Waals surface area (Å²) in [7, 11) is 1.46. The molecule has 0 radical (unpaired) electrons. The van der Waals surface area contributed by atoms with Gasteiger partial charge in [0, 0.05) is 17.5 Å². The standard InChI is InChI=1S/C28H28O5/c1-17(2)8-13-23-25(33-4)16-22(26(27(23)30)28(31)32)15-24(29)21-7-5-6-20(14-21)19-11-9-18(3)10-12-19/h5-12,14,16,30H,13,15H2,1-4H3,(H,31,32). The summed E-state index contributed by atoms with van der Waals surface area (Å²) >= 11 is 0. The molecule has 0 aliphatic heterocycles. The van der Waals surface area contributed by atoms with Crippen LogP contribution in [0.15, 0.2) is 66.2 Å². The van der Waals surface area contributed by atoms with Gasteiger partial charge in [0.15, 0.2) is 5.78 Å². The summed E-state index contributed by atoms with van der Waals surface area (Å²) in [5.41, 5.74) is 4.86. The quantitative estimate of drug-likeness (QED) is 0.328. The molecule has 3 aromatic carbocycles. The summed E-state index contributed by atoms with van der Waals surface area (Å²) in [4.78, 5) is 25.1. The van der Waals surface area contributed by atoms with E-state index in [1.54, 1.807) is 24.3 Å². The Morgan fingerprint density at radius 3 is 2.30 bits per heavy atom. The number of hydrogen-bond donors (Lipinski definition) is 2. The van der Waals surface area contributed by atoms with Crippen molar-refractivity contribution in [2.75, 3.05) is 7.11 Å². The molecule has 0 heterocycles. The zero-order valence-corrected chi connectivity index (χ0v) is 19.3. The maximum Gasteiger partial charge on any atom is 0.339 e. The van der Waals surface area contributed by atoms with Gasteiger partial charge in [-0.3, -0.25) is 4.79 Å². The Bertz CT molecular complexity index is 1220. The van der Waals surface area contributed by atoms with Gasteiger partial charge in [0.2, 0.25) is 0 Å². The lowest BCUT2D eigenvalue weighted by molar-refractivity contribution is 0.0692. The van der Waals surface area contributed by atoms with Crippen LogP contribution in [0.3, 0.4) is 0 Å². The van der Waals surface area contributed by atoms with Crippen molar-refractivity contribution >= 4 is 11.8 Å². The molecule has 0 spiro atoms. The number of rotatable bonds is 8. The van der Waals surface area contributed by atoms with Gasteiger partial charge in [-0.25, -0.2) is 4.79 Å². The van der Waals surface area contributed by atoms with Crippen LogP contribution in [0.25, 0.3) is 11.1 Å². The number of ketones is 1. The number of carboxylic acid groups (broad SMARTS) is 1. The van der Waals surface area contributed by atoms with E-state index in [2.05, 4.69) is 0 Å². The lowest BCUT2D eigenvalue weighted by atomic mass is 9.93. The van der Waals surface area contributed by atoms with Gasteiger partial charge in [0.25, 0.3) is 0 Å². The fourth-order valence-corrected chi connectivity index (χ4v) is 3.69. The van der Waals surface area contributed by atoms with E-state index in [1.807, 2.05) is 57.2 Å². The van der Waals surface area contributed by atoms with E-state index in [0.29, 0.717) is 23.3 Å². The molecular formula is C28H28O5. The van der Waals surface area contributed by atoms with Gasteiger partial charge in [-0.2, -0.15) is 0 Å². The summed E-state index contributed by atoms with van der Waals surface area (Å²) in [6.45, 7) is 5.84. The minimum atomic E-state index is -1.29. The Balaban J connectivity index is 1.99. The van der Waals surface area contributed by atoms with Crippen molar-refractivity contribution in [3.63, 3.8) is 0 Å². The Labute approximate surface area is 194 Å². The number of Topliss-reactive ketones (excluding diaryl/α,β-unsaturated/α-hetero) is 1. The number of benzene rings is 3. The minimum Gasteiger partial charge on any atom is -0.507 e. The number of methoxy groups -OCH3 is 1. The number of carboxylic acids is 1. The fourth-order valence-electron chi connectivity index (χ4n) is 3.69. The molecule has 170 valence electrons. The van der Waals surface area contributed by atoms with Crippen molar-refractivity contribution in [3.8, 4) is 22.6 Å². The van der Waals surface area contributed by atoms with Crippen molar-refractivity contribution in [1.29, 1.82) is 0 Å². The summed E-state index contributed by atoms with van der Waals surface area (Å²) in [6, 6.07) is 16.8. The molecule has 3 rings (SSSR count). The molecule has 33 heavy (non-hydrogen) atoms. The van der Waals surface area contributed by atoms with E-state index in [1.165, 1.54) is 7.11 Å². The predicted octanol–water partition coefficient (Wildman–Crippen LogP) is 6.01. The van der Waals surface area contributed by atoms with Gasteiger partial charge in [0.1, 0.15) is 17.1 Å². The number of carbonyl (C=O) groups is 2. The van der Waals surface area contributed by atoms with Crippen LogP contribution in [0, 0.1) is 6.92 Å². The number of hydrogen-bond acceptors (Lipinski definition) is 4. The molecule has 0 unspecified atom stereocenters. The highest BCUT2D eigenvalue weighted by molar-refractivity contribution is 6.01. The number of phenols is 1. The second-order valence-corrected chi connectivity index (χ2v) is 8.28. The van der Waals surface area contributed by atoms with E-state index in [9.17, 15) is 19.8 Å². The van der Waals surface area contributed by atoms with Gasteiger partial charge in [-0.15, -0.1) is 0 Å². The third kappa shape index (κ3) is 5.50. The first-order valence-corrected chi connectivity index (χ1v) is 10.7. The molecule has 5 heteroatoms. The Morgan fingerprint density at radius 1 is 1.00 bits per heavy atom. The predicted molar refractivity (Wildman–Crippen MR) is 129 cm³/mol. The van der Waals surface area contributed by atoms with Gasteiger partial charge >= 0.3 is 5.97 Å². The SMILES string of the molecule is COc1cc(CC(=O)c2cccc(-c3ccc(C)cc3)c2)c(C(=O)O)c(O)c1CC=C(C)C. The van der Waals surface area contributed by atoms with E-state index < -0.39 is 5.97 Å². The number of aryl methyl sites for hydroxylation is 1. The average Bonchev–Trinajstić information content (AvgIpc) is 2.78. The molecular weight excluding hydrogens is 416 g/mol. The zero-order valence-electron chi connectivity index (χ0n) is 19.3. The van der Waals surface area contributed by atoms with Crippen LogP contribution in [0.5, 0.6) is 11.5 Å². The number of allylic oxidation sites excluding steroid dienone is 2. The van der Waals surface area contributed by atoms with E-state index in [4.69, 9.17) is 4.74 Å². The molecule has 3 aromatic rings. The van der Waals surface area contributed by atoms with Crippen molar-refractivity contribution in [2.24, 2.45) is 0 Å². The molecule has 0 aliphatic rings. The van der Waals surface area contributed by atoms with Crippen molar-refractivity contribution in [2.45, 2.75) is 33.6 Å². The van der Waals surface area contributed by atoms with E-state index in [-0.39, 0.29) is 29.1 Å². The summed E-state index contributed by atoms with van der Waals surface area (Å²) in [5.74, 6) is -1.54. The molecule has 0 atom stereocenters. The Morgan fingerprint density at radius 2 is 1.70 bits per heavy atom. The first-order chi connectivity index (χ1) is 15.7. The molecule has 0 bridgehead atoms. The molecule has 5 nitrogen and oxygen atoms in total. The zero-order chi connectivity index (χ0) is 24.1. The van der Waals surface area contributed by atoms with Crippen molar-refractivity contribution in [1.82, 2.24) is 0 Å². The first-order valence-electron chi connectivity index (χ1n) is 10.7. The molecule has 0 amide bonds.